The first-order chi connectivity index (χ1) is 20.2. The molecule has 234 valence electrons. The average molecular weight is 843 g/mol. The van der Waals surface area contributed by atoms with E-state index < -0.39 is 64.1 Å². The SMILES string of the molecule is Fc1[c-]c(F)c(F)c(F)c1F.Fc1[c-]c(F)c(F)c(F)c1F.[Au+3].[CH2-]P(Cl)(c1ccccc1)(c1ccccc1)c1ccccc1. The van der Waals surface area contributed by atoms with Crippen LogP contribution in [0.4, 0.5) is 43.9 Å². The molecule has 0 aliphatic heterocycles. The topological polar surface area (TPSA) is 0 Å². The summed E-state index contributed by atoms with van der Waals surface area (Å²) in [6.45, 7) is 4.61. The molecule has 0 aliphatic rings. The molecular formula is C31H17AuClF10P. The van der Waals surface area contributed by atoms with Gasteiger partial charge in [0.05, 0.1) is 58.2 Å². The molecule has 0 fully saturated rings. The monoisotopic (exact) mass is 842 g/mol. The van der Waals surface area contributed by atoms with Gasteiger partial charge in [-0.2, -0.15) is 0 Å². The van der Waals surface area contributed by atoms with Crippen LogP contribution in [0.25, 0.3) is 0 Å². The number of hydrogen-bond donors (Lipinski definition) is 0. The molecule has 0 aromatic heterocycles. The zero-order chi connectivity index (χ0) is 32.0. The van der Waals surface area contributed by atoms with Crippen molar-refractivity contribution < 1.29 is 66.3 Å². The van der Waals surface area contributed by atoms with Crippen LogP contribution < -0.4 is 15.9 Å². The van der Waals surface area contributed by atoms with Crippen LogP contribution in [-0.4, -0.2) is 0 Å². The van der Waals surface area contributed by atoms with E-state index in [9.17, 15) is 43.9 Å². The van der Waals surface area contributed by atoms with Gasteiger partial charge in [-0.1, -0.05) is 0 Å². The third-order valence-corrected chi connectivity index (χ3v) is 11.7. The second kappa shape index (κ2) is 15.2. The van der Waals surface area contributed by atoms with Crippen molar-refractivity contribution in [2.75, 3.05) is 0 Å². The van der Waals surface area contributed by atoms with Crippen LogP contribution >= 0.6 is 17.2 Å². The Morgan fingerprint density at radius 2 is 0.614 bits per heavy atom. The van der Waals surface area contributed by atoms with E-state index in [1.807, 2.05) is 54.6 Å². The molecule has 0 unspecified atom stereocenters. The minimum absolute atomic E-state index is 0. The van der Waals surface area contributed by atoms with Crippen LogP contribution in [0.2, 0.25) is 0 Å². The summed E-state index contributed by atoms with van der Waals surface area (Å²) >= 11 is 7.39. The van der Waals surface area contributed by atoms with E-state index in [-0.39, 0.29) is 22.4 Å². The number of hydrogen-bond acceptors (Lipinski definition) is 0. The van der Waals surface area contributed by atoms with Crippen LogP contribution in [0, 0.1) is 77.0 Å². The second-order valence-electron chi connectivity index (χ2n) is 8.58. The van der Waals surface area contributed by atoms with E-state index in [1.165, 1.54) is 0 Å². The molecular weight excluding hydrogens is 826 g/mol. The number of benzene rings is 5. The van der Waals surface area contributed by atoms with Crippen LogP contribution in [0.15, 0.2) is 91.0 Å². The van der Waals surface area contributed by atoms with Crippen molar-refractivity contribution in [2.45, 2.75) is 0 Å². The molecule has 13 heteroatoms. The van der Waals surface area contributed by atoms with E-state index >= 15 is 0 Å². The van der Waals surface area contributed by atoms with Crippen molar-refractivity contribution in [2.24, 2.45) is 0 Å². The average Bonchev–Trinajstić information content (AvgIpc) is 3.03. The maximum absolute atomic E-state index is 12.0. The predicted molar refractivity (Wildman–Crippen MR) is 146 cm³/mol. The van der Waals surface area contributed by atoms with Crippen LogP contribution in [0.5, 0.6) is 0 Å². The van der Waals surface area contributed by atoms with Gasteiger partial charge in [0.1, 0.15) is 0 Å². The molecule has 5 aromatic carbocycles. The third kappa shape index (κ3) is 7.74. The standard InChI is InChI=1S/C19H17ClP.2C6F5.Au/c1-21(20,17-11-5-2-6-12-17,18-13-7-3-8-14-18)19-15-9-4-10-16-19;2*7-2-1-3(8)5(10)6(11)4(2)9;/h2-16H,1H2;;;/q3*-1;+3. The van der Waals surface area contributed by atoms with Gasteiger partial charge in [0, 0.05) is 0 Å². The molecule has 0 atom stereocenters. The van der Waals surface area contributed by atoms with E-state index in [2.05, 4.69) is 43.1 Å². The van der Waals surface area contributed by atoms with Crippen LogP contribution in [0.1, 0.15) is 0 Å². The Hall–Kier alpha value is -3.14. The number of rotatable bonds is 3. The second-order valence-corrected chi connectivity index (χ2v) is 14.7. The first kappa shape index (κ1) is 37.0. The summed E-state index contributed by atoms with van der Waals surface area (Å²) < 4.78 is 120. The molecule has 5 aromatic rings. The maximum atomic E-state index is 12.0. The molecule has 5 rings (SSSR count). The summed E-state index contributed by atoms with van der Waals surface area (Å²) in [7, 11) is 0. The summed E-state index contributed by atoms with van der Waals surface area (Å²) in [4.78, 5) is 0. The van der Waals surface area contributed by atoms with Gasteiger partial charge in [0.2, 0.25) is 0 Å². The molecule has 0 nitrogen and oxygen atoms in total. The molecule has 0 saturated carbocycles. The zero-order valence-electron chi connectivity index (χ0n) is 21.8. The van der Waals surface area contributed by atoms with Crippen molar-refractivity contribution in [1.29, 1.82) is 0 Å². The molecule has 0 spiro atoms. The Morgan fingerprint density at radius 3 is 0.818 bits per heavy atom. The first-order valence-electron chi connectivity index (χ1n) is 11.8. The van der Waals surface area contributed by atoms with Crippen molar-refractivity contribution >= 4 is 33.1 Å². The summed E-state index contributed by atoms with van der Waals surface area (Å²) in [6.07, 6.45) is 0. The first-order valence-corrected chi connectivity index (χ1v) is 15.1. The van der Waals surface area contributed by atoms with Gasteiger partial charge in [-0.05, 0) is 0 Å². The molecule has 0 radical (unpaired) electrons. The van der Waals surface area contributed by atoms with Crippen molar-refractivity contribution in [3.63, 3.8) is 0 Å². The third-order valence-electron chi connectivity index (χ3n) is 5.86. The molecule has 44 heavy (non-hydrogen) atoms. The van der Waals surface area contributed by atoms with Crippen LogP contribution in [0.3, 0.4) is 0 Å². The van der Waals surface area contributed by atoms with Gasteiger partial charge in [0.25, 0.3) is 0 Å². The Labute approximate surface area is 266 Å². The number of halogens is 11. The Bertz CT molecular complexity index is 1490. The summed E-state index contributed by atoms with van der Waals surface area (Å²) in [5.74, 6) is -23.2. The van der Waals surface area contributed by atoms with E-state index in [1.54, 1.807) is 0 Å². The van der Waals surface area contributed by atoms with Gasteiger partial charge >= 0.3 is 153 Å². The Kier molecular flexibility index (Phi) is 12.8. The quantitative estimate of drug-likeness (QED) is 0.0426. The molecule has 0 N–H and O–H groups in total. The van der Waals surface area contributed by atoms with Crippen molar-refractivity contribution in [3.8, 4) is 0 Å². The van der Waals surface area contributed by atoms with Gasteiger partial charge in [-0.3, -0.25) is 17.6 Å². The molecule has 0 heterocycles. The normalized spacial score (nSPS) is 11.5. The van der Waals surface area contributed by atoms with E-state index in [0.29, 0.717) is 0 Å². The Morgan fingerprint density at radius 1 is 0.409 bits per heavy atom. The summed E-state index contributed by atoms with van der Waals surface area (Å²) in [6, 6.07) is 32.7. The molecule has 0 amide bonds. The van der Waals surface area contributed by atoms with Crippen molar-refractivity contribution in [3.05, 3.63) is 168 Å². The molecule has 0 aliphatic carbocycles. The predicted octanol–water partition coefficient (Wildman–Crippen LogP) is 8.82. The van der Waals surface area contributed by atoms with Gasteiger partial charge in [0.15, 0.2) is 0 Å². The van der Waals surface area contributed by atoms with Crippen molar-refractivity contribution in [1.82, 2.24) is 0 Å². The minimum atomic E-state index is -3.15. The van der Waals surface area contributed by atoms with E-state index in [4.69, 9.17) is 11.2 Å². The molecule has 0 bridgehead atoms. The molecule has 0 saturated heterocycles. The fourth-order valence-corrected chi connectivity index (χ4v) is 7.94. The fraction of sp³-hybridized carbons (Fsp3) is 0. The van der Waals surface area contributed by atoms with E-state index in [0.717, 1.165) is 28.0 Å². The van der Waals surface area contributed by atoms with Crippen LogP contribution in [-0.2, 0) is 22.4 Å². The van der Waals surface area contributed by atoms with Gasteiger partial charge in [-0.25, -0.2) is 26.3 Å². The Balaban J connectivity index is 0.000000250. The van der Waals surface area contributed by atoms with Gasteiger partial charge in [-0.15, -0.1) is 12.1 Å². The summed E-state index contributed by atoms with van der Waals surface area (Å²) in [5, 5.41) is 3.26. The summed E-state index contributed by atoms with van der Waals surface area (Å²) in [5.41, 5.74) is 0. The van der Waals surface area contributed by atoms with Gasteiger partial charge < -0.3 is 0 Å². The fourth-order valence-electron chi connectivity index (χ4n) is 3.65. The zero-order valence-corrected chi connectivity index (χ0v) is 25.6.